The van der Waals surface area contributed by atoms with E-state index >= 15 is 0 Å². The van der Waals surface area contributed by atoms with Crippen molar-refractivity contribution in [2.75, 3.05) is 5.32 Å². The molecule has 1 amide bonds. The van der Waals surface area contributed by atoms with Crippen LogP contribution in [-0.4, -0.2) is 11.1 Å². The zero-order chi connectivity index (χ0) is 13.3. The van der Waals surface area contributed by atoms with Gasteiger partial charge < -0.3 is 9.84 Å². The summed E-state index contributed by atoms with van der Waals surface area (Å²) >= 11 is 3.39. The molecule has 4 nitrogen and oxygen atoms in total. The second-order valence-electron chi connectivity index (χ2n) is 4.11. The Bertz CT molecular complexity index is 586. The van der Waals surface area contributed by atoms with E-state index in [2.05, 4.69) is 26.4 Å². The lowest BCUT2D eigenvalue weighted by Crippen LogP contribution is -2.14. The predicted molar refractivity (Wildman–Crippen MR) is 72.8 cm³/mol. The number of hydrogen-bond donors (Lipinski definition) is 1. The standard InChI is InChI=1S/C13H13BrN2O2/c1-7-6-10(14)4-5-11(7)15-13(17)12-8(2)16-18-9(12)3/h4-6H,1-3H3,(H,15,17). The Balaban J connectivity index is 2.27. The van der Waals surface area contributed by atoms with Gasteiger partial charge in [0.2, 0.25) is 0 Å². The fourth-order valence-corrected chi connectivity index (χ4v) is 2.23. The molecule has 2 rings (SSSR count). The topological polar surface area (TPSA) is 55.1 Å². The summed E-state index contributed by atoms with van der Waals surface area (Å²) in [7, 11) is 0. The van der Waals surface area contributed by atoms with Crippen molar-refractivity contribution in [1.82, 2.24) is 5.16 Å². The van der Waals surface area contributed by atoms with Gasteiger partial charge >= 0.3 is 0 Å². The summed E-state index contributed by atoms with van der Waals surface area (Å²) in [6.45, 7) is 5.41. The maximum absolute atomic E-state index is 12.1. The van der Waals surface area contributed by atoms with Gasteiger partial charge in [-0.05, 0) is 44.5 Å². The first-order chi connectivity index (χ1) is 8.49. The van der Waals surface area contributed by atoms with Gasteiger partial charge in [-0.15, -0.1) is 0 Å². The van der Waals surface area contributed by atoms with E-state index in [1.54, 1.807) is 13.8 Å². The molecule has 0 fully saturated rings. The van der Waals surface area contributed by atoms with Crippen molar-refractivity contribution in [3.05, 3.63) is 45.3 Å². The van der Waals surface area contributed by atoms with E-state index < -0.39 is 0 Å². The molecular formula is C13H13BrN2O2. The van der Waals surface area contributed by atoms with Gasteiger partial charge in [-0.1, -0.05) is 21.1 Å². The molecule has 0 aliphatic carbocycles. The monoisotopic (exact) mass is 308 g/mol. The van der Waals surface area contributed by atoms with Crippen LogP contribution >= 0.6 is 15.9 Å². The normalized spacial score (nSPS) is 10.4. The lowest BCUT2D eigenvalue weighted by atomic mass is 10.1. The maximum atomic E-state index is 12.1. The summed E-state index contributed by atoms with van der Waals surface area (Å²) in [6.07, 6.45) is 0. The van der Waals surface area contributed by atoms with Crippen LogP contribution in [0.25, 0.3) is 0 Å². The number of benzene rings is 1. The number of nitrogens with zero attached hydrogens (tertiary/aromatic N) is 1. The molecule has 0 radical (unpaired) electrons. The molecule has 1 heterocycles. The third-order valence-corrected chi connectivity index (χ3v) is 3.19. The highest BCUT2D eigenvalue weighted by molar-refractivity contribution is 9.10. The zero-order valence-electron chi connectivity index (χ0n) is 10.4. The number of rotatable bonds is 2. The van der Waals surface area contributed by atoms with Gasteiger partial charge in [-0.3, -0.25) is 4.79 Å². The molecule has 18 heavy (non-hydrogen) atoms. The van der Waals surface area contributed by atoms with E-state index in [1.807, 2.05) is 25.1 Å². The lowest BCUT2D eigenvalue weighted by molar-refractivity contribution is 0.102. The fraction of sp³-hybridized carbons (Fsp3) is 0.231. The molecule has 0 spiro atoms. The number of anilines is 1. The van der Waals surface area contributed by atoms with E-state index in [0.29, 0.717) is 17.0 Å². The zero-order valence-corrected chi connectivity index (χ0v) is 12.0. The van der Waals surface area contributed by atoms with Crippen molar-refractivity contribution in [2.24, 2.45) is 0 Å². The highest BCUT2D eigenvalue weighted by atomic mass is 79.9. The second-order valence-corrected chi connectivity index (χ2v) is 5.03. The van der Waals surface area contributed by atoms with Crippen LogP contribution in [0.2, 0.25) is 0 Å². The van der Waals surface area contributed by atoms with Crippen LogP contribution in [0.15, 0.2) is 27.2 Å². The van der Waals surface area contributed by atoms with Crippen LogP contribution in [0.3, 0.4) is 0 Å². The molecule has 0 aliphatic rings. The number of amides is 1. The number of carbonyl (C=O) groups is 1. The molecule has 0 bridgehead atoms. The average molecular weight is 309 g/mol. The highest BCUT2D eigenvalue weighted by Crippen LogP contribution is 2.21. The van der Waals surface area contributed by atoms with Gasteiger partial charge in [0.1, 0.15) is 11.3 Å². The van der Waals surface area contributed by atoms with E-state index in [4.69, 9.17) is 4.52 Å². The van der Waals surface area contributed by atoms with Gasteiger partial charge in [0.25, 0.3) is 5.91 Å². The molecule has 1 aromatic carbocycles. The molecule has 1 N–H and O–H groups in total. The molecular weight excluding hydrogens is 296 g/mol. The van der Waals surface area contributed by atoms with Gasteiger partial charge in [0.15, 0.2) is 0 Å². The van der Waals surface area contributed by atoms with Crippen molar-refractivity contribution in [3.63, 3.8) is 0 Å². The summed E-state index contributed by atoms with van der Waals surface area (Å²) in [4.78, 5) is 12.1. The lowest BCUT2D eigenvalue weighted by Gasteiger charge is -2.08. The number of aromatic nitrogens is 1. The minimum absolute atomic E-state index is 0.198. The molecule has 0 saturated heterocycles. The van der Waals surface area contributed by atoms with Gasteiger partial charge in [-0.25, -0.2) is 0 Å². The smallest absolute Gasteiger partial charge is 0.261 e. The summed E-state index contributed by atoms with van der Waals surface area (Å²) < 4.78 is 5.97. The van der Waals surface area contributed by atoms with Crippen molar-refractivity contribution in [3.8, 4) is 0 Å². The largest absolute Gasteiger partial charge is 0.361 e. The molecule has 94 valence electrons. The summed E-state index contributed by atoms with van der Waals surface area (Å²) in [5.41, 5.74) is 2.87. The molecule has 0 atom stereocenters. The molecule has 0 unspecified atom stereocenters. The van der Waals surface area contributed by atoms with E-state index in [9.17, 15) is 4.79 Å². The minimum Gasteiger partial charge on any atom is -0.361 e. The molecule has 5 heteroatoms. The number of hydrogen-bond acceptors (Lipinski definition) is 3. The van der Waals surface area contributed by atoms with Crippen molar-refractivity contribution < 1.29 is 9.32 Å². The summed E-state index contributed by atoms with van der Waals surface area (Å²) in [6, 6.07) is 5.69. The molecule has 2 aromatic rings. The summed E-state index contributed by atoms with van der Waals surface area (Å²) in [5, 5.41) is 6.63. The third-order valence-electron chi connectivity index (χ3n) is 2.70. The third kappa shape index (κ3) is 2.46. The van der Waals surface area contributed by atoms with Crippen LogP contribution in [0, 0.1) is 20.8 Å². The number of carbonyl (C=O) groups excluding carboxylic acids is 1. The van der Waals surface area contributed by atoms with Crippen molar-refractivity contribution in [2.45, 2.75) is 20.8 Å². The minimum atomic E-state index is -0.198. The first-order valence-electron chi connectivity index (χ1n) is 5.49. The fourth-order valence-electron chi connectivity index (χ4n) is 1.76. The van der Waals surface area contributed by atoms with Crippen molar-refractivity contribution >= 4 is 27.5 Å². The summed E-state index contributed by atoms with van der Waals surface area (Å²) in [5.74, 6) is 0.330. The molecule has 0 saturated carbocycles. The number of aryl methyl sites for hydroxylation is 3. The van der Waals surface area contributed by atoms with Gasteiger partial charge in [-0.2, -0.15) is 0 Å². The average Bonchev–Trinajstić information content (AvgIpc) is 2.62. The van der Waals surface area contributed by atoms with Crippen molar-refractivity contribution in [1.29, 1.82) is 0 Å². The van der Waals surface area contributed by atoms with E-state index in [-0.39, 0.29) is 5.91 Å². The quantitative estimate of drug-likeness (QED) is 0.922. The number of nitrogens with one attached hydrogen (secondary N) is 1. The van der Waals surface area contributed by atoms with Gasteiger partial charge in [0, 0.05) is 10.2 Å². The Morgan fingerprint density at radius 2 is 2.06 bits per heavy atom. The van der Waals surface area contributed by atoms with Crippen LogP contribution in [0.4, 0.5) is 5.69 Å². The molecule has 1 aromatic heterocycles. The Kier molecular flexibility index (Phi) is 3.52. The predicted octanol–water partition coefficient (Wildman–Crippen LogP) is 3.61. The SMILES string of the molecule is Cc1cc(Br)ccc1NC(=O)c1c(C)noc1C. The first-order valence-corrected chi connectivity index (χ1v) is 6.28. The van der Waals surface area contributed by atoms with Crippen LogP contribution in [0.1, 0.15) is 27.4 Å². The Morgan fingerprint density at radius 3 is 2.61 bits per heavy atom. The van der Waals surface area contributed by atoms with Crippen LogP contribution < -0.4 is 5.32 Å². The Labute approximate surface area is 113 Å². The van der Waals surface area contributed by atoms with E-state index in [0.717, 1.165) is 15.7 Å². The van der Waals surface area contributed by atoms with Crippen LogP contribution in [-0.2, 0) is 0 Å². The highest BCUT2D eigenvalue weighted by Gasteiger charge is 2.17. The van der Waals surface area contributed by atoms with Gasteiger partial charge in [0.05, 0.1) is 5.69 Å². The number of halogens is 1. The Morgan fingerprint density at radius 1 is 1.33 bits per heavy atom. The first kappa shape index (κ1) is 12.8. The second kappa shape index (κ2) is 4.94. The Hall–Kier alpha value is -1.62. The van der Waals surface area contributed by atoms with Crippen LogP contribution in [0.5, 0.6) is 0 Å². The maximum Gasteiger partial charge on any atom is 0.261 e. The van der Waals surface area contributed by atoms with E-state index in [1.165, 1.54) is 0 Å². The molecule has 0 aliphatic heterocycles.